The molecule has 2 rings (SSSR count). The zero-order chi connectivity index (χ0) is 16.0. The number of hydrogen-bond donors (Lipinski definition) is 1. The Morgan fingerprint density at radius 1 is 1.43 bits per heavy atom. The van der Waals surface area contributed by atoms with Gasteiger partial charge in [0.2, 0.25) is 0 Å². The molecule has 1 fully saturated rings. The van der Waals surface area contributed by atoms with E-state index in [9.17, 15) is 4.79 Å². The van der Waals surface area contributed by atoms with Crippen LogP contribution in [-0.2, 0) is 5.54 Å². The molecule has 0 aliphatic carbocycles. The lowest BCUT2D eigenvalue weighted by atomic mass is 9.79. The van der Waals surface area contributed by atoms with Gasteiger partial charge in [-0.1, -0.05) is 13.8 Å². The van der Waals surface area contributed by atoms with E-state index in [2.05, 4.69) is 39.7 Å². The molecule has 2 heterocycles. The number of nitrogens with two attached hydrogens (primary N) is 1. The fourth-order valence-electron chi connectivity index (χ4n) is 3.01. The van der Waals surface area contributed by atoms with E-state index in [4.69, 9.17) is 5.73 Å². The first-order valence-electron chi connectivity index (χ1n) is 7.64. The highest BCUT2D eigenvalue weighted by atomic mass is 16.2. The van der Waals surface area contributed by atoms with Crippen molar-refractivity contribution in [2.45, 2.75) is 59.5 Å². The van der Waals surface area contributed by atoms with E-state index in [0.29, 0.717) is 12.1 Å². The highest BCUT2D eigenvalue weighted by Crippen LogP contribution is 2.29. The molecule has 1 aromatic rings. The zero-order valence-corrected chi connectivity index (χ0v) is 14.1. The van der Waals surface area contributed by atoms with Gasteiger partial charge < -0.3 is 10.6 Å². The molecule has 21 heavy (non-hydrogen) atoms. The number of amides is 1. The Balaban J connectivity index is 2.24. The van der Waals surface area contributed by atoms with E-state index in [1.165, 1.54) is 0 Å². The van der Waals surface area contributed by atoms with Gasteiger partial charge in [0.25, 0.3) is 5.91 Å². The Kier molecular flexibility index (Phi) is 3.91. The van der Waals surface area contributed by atoms with Gasteiger partial charge in [0.1, 0.15) is 0 Å². The number of carbonyl (C=O) groups is 1. The van der Waals surface area contributed by atoms with Gasteiger partial charge in [-0.2, -0.15) is 5.10 Å². The van der Waals surface area contributed by atoms with Gasteiger partial charge in [-0.3, -0.25) is 9.48 Å². The summed E-state index contributed by atoms with van der Waals surface area (Å²) in [5, 5.41) is 4.40. The van der Waals surface area contributed by atoms with Gasteiger partial charge in [0.05, 0.1) is 17.3 Å². The lowest BCUT2D eigenvalue weighted by Crippen LogP contribution is -2.54. The Morgan fingerprint density at radius 3 is 2.52 bits per heavy atom. The Hall–Kier alpha value is -1.36. The summed E-state index contributed by atoms with van der Waals surface area (Å²) < 4.78 is 1.92. The lowest BCUT2D eigenvalue weighted by Gasteiger charge is -2.42. The standard InChI is InChI=1S/C16H28N4O/c1-11-12(9-18-20(11)15(2,3)4)14(21)19-8-7-13(17)16(5,6)10-19/h9,13H,7-8,10,17H2,1-6H3. The van der Waals surface area contributed by atoms with Crippen molar-refractivity contribution in [1.82, 2.24) is 14.7 Å². The minimum atomic E-state index is -0.119. The molecule has 0 radical (unpaired) electrons. The smallest absolute Gasteiger partial charge is 0.257 e. The number of nitrogens with zero attached hydrogens (tertiary/aromatic N) is 3. The van der Waals surface area contributed by atoms with Crippen LogP contribution < -0.4 is 5.73 Å². The van der Waals surface area contributed by atoms with Crippen molar-refractivity contribution in [3.63, 3.8) is 0 Å². The molecule has 1 aliphatic heterocycles. The van der Waals surface area contributed by atoms with Crippen LogP contribution in [0.15, 0.2) is 6.20 Å². The van der Waals surface area contributed by atoms with E-state index >= 15 is 0 Å². The van der Waals surface area contributed by atoms with Crippen molar-refractivity contribution in [3.05, 3.63) is 17.5 Å². The first-order chi connectivity index (χ1) is 9.54. The molecule has 2 N–H and O–H groups in total. The average Bonchev–Trinajstić information content (AvgIpc) is 2.73. The maximum atomic E-state index is 12.8. The second kappa shape index (κ2) is 5.13. The predicted molar refractivity (Wildman–Crippen MR) is 84.2 cm³/mol. The van der Waals surface area contributed by atoms with Crippen molar-refractivity contribution in [3.8, 4) is 0 Å². The first kappa shape index (κ1) is 16.0. The summed E-state index contributed by atoms with van der Waals surface area (Å²) in [7, 11) is 0. The highest BCUT2D eigenvalue weighted by molar-refractivity contribution is 5.95. The molecule has 0 spiro atoms. The Bertz CT molecular complexity index is 539. The summed E-state index contributed by atoms with van der Waals surface area (Å²) in [5.41, 5.74) is 7.63. The van der Waals surface area contributed by atoms with Crippen LogP contribution in [0.5, 0.6) is 0 Å². The number of aromatic nitrogens is 2. The van der Waals surface area contributed by atoms with Gasteiger partial charge in [0.15, 0.2) is 0 Å². The molecule has 0 aromatic carbocycles. The van der Waals surface area contributed by atoms with Gasteiger partial charge in [0, 0.05) is 24.8 Å². The molecule has 1 amide bonds. The number of hydrogen-bond acceptors (Lipinski definition) is 3. The number of piperidine rings is 1. The molecular formula is C16H28N4O. The minimum Gasteiger partial charge on any atom is -0.338 e. The summed E-state index contributed by atoms with van der Waals surface area (Å²) in [6.45, 7) is 13.9. The SMILES string of the molecule is Cc1c(C(=O)N2CCC(N)C(C)(C)C2)cnn1C(C)(C)C. The Labute approximate surface area is 127 Å². The van der Waals surface area contributed by atoms with Crippen LogP contribution >= 0.6 is 0 Å². The van der Waals surface area contributed by atoms with E-state index in [0.717, 1.165) is 18.7 Å². The maximum absolute atomic E-state index is 12.8. The second-order valence-corrected chi connectivity index (χ2v) is 7.84. The van der Waals surface area contributed by atoms with Gasteiger partial charge in [-0.15, -0.1) is 0 Å². The molecule has 1 aliphatic rings. The summed E-state index contributed by atoms with van der Waals surface area (Å²) in [6.07, 6.45) is 2.55. The van der Waals surface area contributed by atoms with Crippen LogP contribution in [0.25, 0.3) is 0 Å². The minimum absolute atomic E-state index is 0.0398. The topological polar surface area (TPSA) is 64.2 Å². The van der Waals surface area contributed by atoms with E-state index in [1.54, 1.807) is 6.20 Å². The maximum Gasteiger partial charge on any atom is 0.257 e. The zero-order valence-electron chi connectivity index (χ0n) is 14.1. The third kappa shape index (κ3) is 2.98. The van der Waals surface area contributed by atoms with Crippen molar-refractivity contribution >= 4 is 5.91 Å². The van der Waals surface area contributed by atoms with Crippen molar-refractivity contribution < 1.29 is 4.79 Å². The summed E-state index contributed by atoms with van der Waals surface area (Å²) in [5.74, 6) is 0.0722. The number of rotatable bonds is 1. The third-order valence-electron chi connectivity index (χ3n) is 4.47. The van der Waals surface area contributed by atoms with Gasteiger partial charge >= 0.3 is 0 Å². The average molecular weight is 292 g/mol. The molecule has 1 aromatic heterocycles. The summed E-state index contributed by atoms with van der Waals surface area (Å²) in [6, 6.07) is 0.153. The normalized spacial score (nSPS) is 22.4. The van der Waals surface area contributed by atoms with Crippen LogP contribution in [0.2, 0.25) is 0 Å². The second-order valence-electron chi connectivity index (χ2n) is 7.84. The van der Waals surface area contributed by atoms with E-state index in [-0.39, 0.29) is 22.9 Å². The summed E-state index contributed by atoms with van der Waals surface area (Å²) >= 11 is 0. The third-order valence-corrected chi connectivity index (χ3v) is 4.47. The predicted octanol–water partition coefficient (Wildman–Crippen LogP) is 2.15. The van der Waals surface area contributed by atoms with Crippen molar-refractivity contribution in [1.29, 1.82) is 0 Å². The van der Waals surface area contributed by atoms with E-state index in [1.807, 2.05) is 16.5 Å². The van der Waals surface area contributed by atoms with Crippen LogP contribution in [0.1, 0.15) is 57.1 Å². The molecule has 5 nitrogen and oxygen atoms in total. The molecule has 0 bridgehead atoms. The number of likely N-dealkylation sites (tertiary alicyclic amines) is 1. The summed E-state index contributed by atoms with van der Waals surface area (Å²) in [4.78, 5) is 14.7. The van der Waals surface area contributed by atoms with Crippen LogP contribution in [0, 0.1) is 12.3 Å². The first-order valence-corrected chi connectivity index (χ1v) is 7.64. The molecule has 1 unspecified atom stereocenters. The molecule has 1 atom stereocenters. The van der Waals surface area contributed by atoms with Crippen molar-refractivity contribution in [2.75, 3.05) is 13.1 Å². The molecule has 0 saturated carbocycles. The highest BCUT2D eigenvalue weighted by Gasteiger charge is 2.36. The van der Waals surface area contributed by atoms with Crippen LogP contribution in [-0.4, -0.2) is 39.7 Å². The fourth-order valence-corrected chi connectivity index (χ4v) is 3.01. The van der Waals surface area contributed by atoms with Crippen LogP contribution in [0.4, 0.5) is 0 Å². The largest absolute Gasteiger partial charge is 0.338 e. The number of carbonyl (C=O) groups excluding carboxylic acids is 1. The quantitative estimate of drug-likeness (QED) is 0.862. The molecule has 1 saturated heterocycles. The lowest BCUT2D eigenvalue weighted by molar-refractivity contribution is 0.0532. The Morgan fingerprint density at radius 2 is 2.05 bits per heavy atom. The van der Waals surface area contributed by atoms with Gasteiger partial charge in [-0.25, -0.2) is 0 Å². The van der Waals surface area contributed by atoms with Crippen LogP contribution in [0.3, 0.4) is 0 Å². The monoisotopic (exact) mass is 292 g/mol. The fraction of sp³-hybridized carbons (Fsp3) is 0.750. The van der Waals surface area contributed by atoms with Gasteiger partial charge in [-0.05, 0) is 39.5 Å². The van der Waals surface area contributed by atoms with E-state index < -0.39 is 0 Å². The molecular weight excluding hydrogens is 264 g/mol. The molecule has 5 heteroatoms. The van der Waals surface area contributed by atoms with Crippen molar-refractivity contribution in [2.24, 2.45) is 11.1 Å². The molecule has 118 valence electrons.